The molecule has 1 N–H and O–H groups in total. The third-order valence-electron chi connectivity index (χ3n) is 6.62. The number of hydrogen-bond donors (Lipinski definition) is 1. The number of benzene rings is 1. The van der Waals surface area contributed by atoms with Crippen LogP contribution in [0.4, 0.5) is 0 Å². The van der Waals surface area contributed by atoms with E-state index in [4.69, 9.17) is 9.47 Å². The average Bonchev–Trinajstić information content (AvgIpc) is 3.31. The van der Waals surface area contributed by atoms with Crippen molar-refractivity contribution in [2.24, 2.45) is 0 Å². The molecule has 4 rings (SSSR count). The molecule has 1 aromatic carbocycles. The minimum Gasteiger partial charge on any atom is -0.379 e. The summed E-state index contributed by atoms with van der Waals surface area (Å²) in [7, 11) is 0. The van der Waals surface area contributed by atoms with Gasteiger partial charge in [0.25, 0.3) is 5.91 Å². The van der Waals surface area contributed by atoms with Gasteiger partial charge in [-0.15, -0.1) is 11.8 Å². The number of hydrogen-bond acceptors (Lipinski definition) is 5. The van der Waals surface area contributed by atoms with Gasteiger partial charge in [-0.2, -0.15) is 0 Å². The number of rotatable bonds is 7. The summed E-state index contributed by atoms with van der Waals surface area (Å²) >= 11 is 1.75. The molecule has 1 atom stereocenters. The van der Waals surface area contributed by atoms with E-state index in [0.29, 0.717) is 6.10 Å². The molecular formula is C23H34N2O3S. The van der Waals surface area contributed by atoms with E-state index in [1.54, 1.807) is 11.8 Å². The molecular weight excluding hydrogens is 384 g/mol. The summed E-state index contributed by atoms with van der Waals surface area (Å²) in [4.78, 5) is 16.8. The highest BCUT2D eigenvalue weighted by Crippen LogP contribution is 2.34. The molecule has 2 saturated heterocycles. The molecule has 6 heteroatoms. The van der Waals surface area contributed by atoms with Crippen LogP contribution in [0.5, 0.6) is 0 Å². The van der Waals surface area contributed by atoms with Gasteiger partial charge in [-0.1, -0.05) is 31.4 Å². The SMILES string of the molecule is O=C(NCC1(N2CCOCC2)CCCCC1)c1ccccc1SCC1CCCO1. The minimum absolute atomic E-state index is 0.0543. The van der Waals surface area contributed by atoms with Crippen molar-refractivity contribution in [2.75, 3.05) is 45.2 Å². The Kier molecular flexibility index (Phi) is 7.51. The Balaban J connectivity index is 1.40. The number of thioether (sulfide) groups is 1. The summed E-state index contributed by atoms with van der Waals surface area (Å²) in [6, 6.07) is 8.00. The fraction of sp³-hybridized carbons (Fsp3) is 0.696. The summed E-state index contributed by atoms with van der Waals surface area (Å²) < 4.78 is 11.3. The highest BCUT2D eigenvalue weighted by Gasteiger charge is 2.39. The van der Waals surface area contributed by atoms with Crippen LogP contribution in [0.15, 0.2) is 29.2 Å². The van der Waals surface area contributed by atoms with Crippen molar-refractivity contribution in [3.05, 3.63) is 29.8 Å². The maximum absolute atomic E-state index is 13.1. The van der Waals surface area contributed by atoms with Gasteiger partial charge < -0.3 is 14.8 Å². The molecule has 160 valence electrons. The molecule has 1 aromatic rings. The first kappa shape index (κ1) is 21.2. The fourth-order valence-electron chi connectivity index (χ4n) is 4.93. The van der Waals surface area contributed by atoms with E-state index in [1.807, 2.05) is 18.2 Å². The lowest BCUT2D eigenvalue weighted by Gasteiger charge is -2.48. The third kappa shape index (κ3) is 5.35. The molecule has 0 spiro atoms. The largest absolute Gasteiger partial charge is 0.379 e. The van der Waals surface area contributed by atoms with Crippen molar-refractivity contribution in [1.29, 1.82) is 0 Å². The van der Waals surface area contributed by atoms with Crippen LogP contribution in [0.1, 0.15) is 55.3 Å². The Bertz CT molecular complexity index is 666. The summed E-state index contributed by atoms with van der Waals surface area (Å²) in [5.74, 6) is 0.973. The van der Waals surface area contributed by atoms with E-state index >= 15 is 0 Å². The number of morpholine rings is 1. The Morgan fingerprint density at radius 3 is 2.66 bits per heavy atom. The van der Waals surface area contributed by atoms with Crippen LogP contribution >= 0.6 is 11.8 Å². The molecule has 2 aliphatic heterocycles. The van der Waals surface area contributed by atoms with E-state index in [1.165, 1.54) is 32.1 Å². The summed E-state index contributed by atoms with van der Waals surface area (Å²) in [6.07, 6.45) is 8.75. The van der Waals surface area contributed by atoms with Gasteiger partial charge in [0, 0.05) is 42.4 Å². The van der Waals surface area contributed by atoms with Gasteiger partial charge in [0.05, 0.1) is 24.9 Å². The zero-order chi connectivity index (χ0) is 19.9. The number of carbonyl (C=O) groups is 1. The topological polar surface area (TPSA) is 50.8 Å². The number of carbonyl (C=O) groups excluding carboxylic acids is 1. The highest BCUT2D eigenvalue weighted by molar-refractivity contribution is 7.99. The molecule has 1 saturated carbocycles. The average molecular weight is 419 g/mol. The number of ether oxygens (including phenoxy) is 2. The zero-order valence-electron chi connectivity index (χ0n) is 17.4. The van der Waals surface area contributed by atoms with Crippen molar-refractivity contribution in [2.45, 2.75) is 61.5 Å². The van der Waals surface area contributed by atoms with Crippen molar-refractivity contribution in [1.82, 2.24) is 10.2 Å². The maximum Gasteiger partial charge on any atom is 0.252 e. The van der Waals surface area contributed by atoms with Crippen molar-refractivity contribution >= 4 is 17.7 Å². The molecule has 1 aliphatic carbocycles. The molecule has 1 unspecified atom stereocenters. The molecule has 1 amide bonds. The minimum atomic E-state index is 0.0543. The second kappa shape index (κ2) is 10.3. The van der Waals surface area contributed by atoms with Crippen molar-refractivity contribution in [3.63, 3.8) is 0 Å². The first-order valence-corrected chi connectivity index (χ1v) is 12.2. The molecule has 3 aliphatic rings. The second-order valence-electron chi connectivity index (χ2n) is 8.51. The van der Waals surface area contributed by atoms with Gasteiger partial charge in [-0.05, 0) is 37.8 Å². The Morgan fingerprint density at radius 2 is 1.90 bits per heavy atom. The Hall–Kier alpha value is -1.08. The summed E-state index contributed by atoms with van der Waals surface area (Å²) in [5.41, 5.74) is 0.890. The zero-order valence-corrected chi connectivity index (χ0v) is 18.2. The van der Waals surface area contributed by atoms with E-state index in [2.05, 4.69) is 16.3 Å². The van der Waals surface area contributed by atoms with E-state index in [-0.39, 0.29) is 11.4 Å². The van der Waals surface area contributed by atoms with Crippen LogP contribution < -0.4 is 5.32 Å². The van der Waals surface area contributed by atoms with Crippen LogP contribution in [0.3, 0.4) is 0 Å². The Labute approximate surface area is 178 Å². The molecule has 0 radical (unpaired) electrons. The first-order valence-electron chi connectivity index (χ1n) is 11.2. The van der Waals surface area contributed by atoms with E-state index < -0.39 is 0 Å². The summed E-state index contributed by atoms with van der Waals surface area (Å²) in [5, 5.41) is 3.31. The van der Waals surface area contributed by atoms with Gasteiger partial charge in [-0.25, -0.2) is 0 Å². The van der Waals surface area contributed by atoms with E-state index in [0.717, 1.165) is 68.5 Å². The summed E-state index contributed by atoms with van der Waals surface area (Å²) in [6.45, 7) is 5.16. The van der Waals surface area contributed by atoms with Crippen LogP contribution in [-0.2, 0) is 9.47 Å². The van der Waals surface area contributed by atoms with E-state index in [9.17, 15) is 4.79 Å². The predicted molar refractivity (Wildman–Crippen MR) is 117 cm³/mol. The van der Waals surface area contributed by atoms with Crippen LogP contribution in [0.2, 0.25) is 0 Å². The normalized spacial score (nSPS) is 25.0. The monoisotopic (exact) mass is 418 g/mol. The van der Waals surface area contributed by atoms with Gasteiger partial charge in [0.1, 0.15) is 0 Å². The Morgan fingerprint density at radius 1 is 1.10 bits per heavy atom. The first-order chi connectivity index (χ1) is 14.3. The van der Waals surface area contributed by atoms with Crippen molar-refractivity contribution in [3.8, 4) is 0 Å². The smallest absolute Gasteiger partial charge is 0.252 e. The van der Waals surface area contributed by atoms with Gasteiger partial charge in [0.2, 0.25) is 0 Å². The fourth-order valence-corrected chi connectivity index (χ4v) is 6.05. The lowest BCUT2D eigenvalue weighted by atomic mass is 9.79. The second-order valence-corrected chi connectivity index (χ2v) is 9.57. The number of nitrogens with zero attached hydrogens (tertiary/aromatic N) is 1. The molecule has 3 fully saturated rings. The van der Waals surface area contributed by atoms with Crippen LogP contribution in [0.25, 0.3) is 0 Å². The lowest BCUT2D eigenvalue weighted by Crippen LogP contribution is -2.59. The molecule has 0 bridgehead atoms. The van der Waals surface area contributed by atoms with Crippen LogP contribution in [-0.4, -0.2) is 67.7 Å². The third-order valence-corrected chi connectivity index (χ3v) is 7.83. The predicted octanol–water partition coefficient (Wildman–Crippen LogP) is 3.72. The standard InChI is InChI=1S/C23H34N2O3S/c26-22(20-8-2-3-9-21(20)29-17-19-7-6-14-28-19)24-18-23(10-4-1-5-11-23)25-12-15-27-16-13-25/h2-3,8-9,19H,1,4-7,10-18H2,(H,24,26). The molecule has 29 heavy (non-hydrogen) atoms. The quantitative estimate of drug-likeness (QED) is 0.684. The van der Waals surface area contributed by atoms with Gasteiger partial charge >= 0.3 is 0 Å². The van der Waals surface area contributed by atoms with Crippen molar-refractivity contribution < 1.29 is 14.3 Å². The molecule has 5 nitrogen and oxygen atoms in total. The molecule has 0 aromatic heterocycles. The number of amides is 1. The van der Waals surface area contributed by atoms with Crippen LogP contribution in [0, 0.1) is 0 Å². The van der Waals surface area contributed by atoms with Gasteiger partial charge in [0.15, 0.2) is 0 Å². The lowest BCUT2D eigenvalue weighted by molar-refractivity contribution is -0.0361. The highest BCUT2D eigenvalue weighted by atomic mass is 32.2. The molecule has 2 heterocycles. The number of nitrogens with one attached hydrogen (secondary N) is 1. The maximum atomic E-state index is 13.1. The van der Waals surface area contributed by atoms with Gasteiger partial charge in [-0.3, -0.25) is 9.69 Å².